The van der Waals surface area contributed by atoms with Gasteiger partial charge in [-0.2, -0.15) is 0 Å². The fourth-order valence-electron chi connectivity index (χ4n) is 3.43. The predicted octanol–water partition coefficient (Wildman–Crippen LogP) is 5.45. The van der Waals surface area contributed by atoms with Gasteiger partial charge in [0.1, 0.15) is 11.2 Å². The second-order valence-electron chi connectivity index (χ2n) is 8.52. The van der Waals surface area contributed by atoms with E-state index in [1.54, 1.807) is 7.11 Å². The van der Waals surface area contributed by atoms with Crippen LogP contribution < -0.4 is 5.46 Å². The van der Waals surface area contributed by atoms with Gasteiger partial charge < -0.3 is 13.8 Å². The van der Waals surface area contributed by atoms with Gasteiger partial charge in [-0.3, -0.25) is 0 Å². The van der Waals surface area contributed by atoms with Gasteiger partial charge in [-0.25, -0.2) is 0 Å². The molecule has 0 aliphatic heterocycles. The number of furan rings is 1. The molecular formula is C25H27BO3. The van der Waals surface area contributed by atoms with Gasteiger partial charge in [0.15, 0.2) is 0 Å². The molecule has 0 aliphatic carbocycles. The van der Waals surface area contributed by atoms with Crippen LogP contribution in [-0.2, 0) is 9.39 Å². The maximum atomic E-state index is 6.23. The fourth-order valence-corrected chi connectivity index (χ4v) is 3.43. The Kier molecular flexibility index (Phi) is 5.01. The maximum Gasteiger partial charge on any atom is 0.309 e. The van der Waals surface area contributed by atoms with Crippen molar-refractivity contribution in [1.29, 1.82) is 0 Å². The van der Waals surface area contributed by atoms with Crippen molar-refractivity contribution in [1.82, 2.24) is 0 Å². The van der Waals surface area contributed by atoms with Crippen LogP contribution in [0.1, 0.15) is 27.7 Å². The first-order valence-corrected chi connectivity index (χ1v) is 10.0. The molecule has 148 valence electrons. The average Bonchev–Trinajstić information content (AvgIpc) is 3.10. The molecule has 0 aliphatic rings. The zero-order valence-corrected chi connectivity index (χ0v) is 17.8. The van der Waals surface area contributed by atoms with Crippen LogP contribution in [0.5, 0.6) is 0 Å². The summed E-state index contributed by atoms with van der Waals surface area (Å²) in [6.07, 6.45) is 0. The third kappa shape index (κ3) is 3.70. The molecule has 0 amide bonds. The molecule has 29 heavy (non-hydrogen) atoms. The Bertz CT molecular complexity index is 1160. The molecule has 0 radical (unpaired) electrons. The molecular weight excluding hydrogens is 359 g/mol. The molecule has 4 heteroatoms. The molecule has 0 atom stereocenters. The standard InChI is InChI=1S/C25H27BO3/c1-24(2,27-5)25(3,4)29-26-19-10-8-9-17(15-19)18-13-14-21-20-11-6-7-12-22(20)28-23(21)16-18/h6-16,26H,1-5H3. The third-order valence-corrected chi connectivity index (χ3v) is 6.20. The predicted molar refractivity (Wildman–Crippen MR) is 122 cm³/mol. The summed E-state index contributed by atoms with van der Waals surface area (Å²) in [7, 11) is 2.25. The van der Waals surface area contributed by atoms with Crippen molar-refractivity contribution in [2.75, 3.05) is 7.11 Å². The number of fused-ring (bicyclic) bond motifs is 3. The molecule has 0 unspecified atom stereocenters. The van der Waals surface area contributed by atoms with E-state index in [2.05, 4.69) is 62.4 Å². The lowest BCUT2D eigenvalue weighted by atomic mass is 9.81. The van der Waals surface area contributed by atoms with Crippen molar-refractivity contribution in [3.63, 3.8) is 0 Å². The summed E-state index contributed by atoms with van der Waals surface area (Å²) in [5.74, 6) is 0. The Morgan fingerprint density at radius 2 is 1.45 bits per heavy atom. The molecule has 0 fully saturated rings. The van der Waals surface area contributed by atoms with Crippen molar-refractivity contribution >= 4 is 34.9 Å². The summed E-state index contributed by atoms with van der Waals surface area (Å²) in [5.41, 5.74) is 4.46. The Labute approximate surface area is 172 Å². The Balaban J connectivity index is 1.61. The monoisotopic (exact) mass is 386 g/mol. The molecule has 0 saturated carbocycles. The first kappa shape index (κ1) is 19.7. The lowest BCUT2D eigenvalue weighted by Gasteiger charge is -2.40. The lowest BCUT2D eigenvalue weighted by molar-refractivity contribution is -0.114. The van der Waals surface area contributed by atoms with Gasteiger partial charge in [0.25, 0.3) is 0 Å². The molecule has 1 heterocycles. The summed E-state index contributed by atoms with van der Waals surface area (Å²) in [5, 5.41) is 2.30. The minimum atomic E-state index is -0.412. The normalized spacial score (nSPS) is 12.6. The van der Waals surface area contributed by atoms with E-state index in [-0.39, 0.29) is 5.60 Å². The Morgan fingerprint density at radius 1 is 0.724 bits per heavy atom. The molecule has 1 aromatic heterocycles. The molecule has 0 spiro atoms. The van der Waals surface area contributed by atoms with Gasteiger partial charge in [0.2, 0.25) is 0 Å². The van der Waals surface area contributed by atoms with Crippen molar-refractivity contribution in [3.05, 3.63) is 66.7 Å². The van der Waals surface area contributed by atoms with E-state index in [0.29, 0.717) is 7.48 Å². The second-order valence-corrected chi connectivity index (χ2v) is 8.52. The highest BCUT2D eigenvalue weighted by Gasteiger charge is 2.37. The number of para-hydroxylation sites is 1. The highest BCUT2D eigenvalue weighted by Crippen LogP contribution is 2.32. The van der Waals surface area contributed by atoms with Gasteiger partial charge in [-0.15, -0.1) is 0 Å². The number of methoxy groups -OCH3 is 1. The smallest absolute Gasteiger partial charge is 0.309 e. The quantitative estimate of drug-likeness (QED) is 0.413. The average molecular weight is 386 g/mol. The van der Waals surface area contributed by atoms with E-state index in [4.69, 9.17) is 13.8 Å². The van der Waals surface area contributed by atoms with E-state index < -0.39 is 5.60 Å². The van der Waals surface area contributed by atoms with E-state index in [1.807, 2.05) is 32.0 Å². The molecule has 4 aromatic rings. The van der Waals surface area contributed by atoms with Crippen LogP contribution in [0.2, 0.25) is 0 Å². The summed E-state index contributed by atoms with van der Waals surface area (Å²) < 4.78 is 17.9. The zero-order valence-electron chi connectivity index (χ0n) is 17.8. The molecule has 4 rings (SSSR count). The molecule has 0 N–H and O–H groups in total. The van der Waals surface area contributed by atoms with Crippen LogP contribution >= 0.6 is 0 Å². The van der Waals surface area contributed by atoms with Crippen LogP contribution in [-0.4, -0.2) is 25.8 Å². The van der Waals surface area contributed by atoms with Crippen LogP contribution in [0.4, 0.5) is 0 Å². The van der Waals surface area contributed by atoms with Gasteiger partial charge in [-0.1, -0.05) is 54.0 Å². The van der Waals surface area contributed by atoms with E-state index in [9.17, 15) is 0 Å². The van der Waals surface area contributed by atoms with E-state index in [1.165, 1.54) is 0 Å². The van der Waals surface area contributed by atoms with Crippen LogP contribution in [0.3, 0.4) is 0 Å². The number of hydrogen-bond donors (Lipinski definition) is 0. The van der Waals surface area contributed by atoms with Crippen molar-refractivity contribution < 1.29 is 13.8 Å². The van der Waals surface area contributed by atoms with Crippen LogP contribution in [0, 0.1) is 0 Å². The van der Waals surface area contributed by atoms with Crippen molar-refractivity contribution in [2.24, 2.45) is 0 Å². The fraction of sp³-hybridized carbons (Fsp3) is 0.280. The second kappa shape index (κ2) is 7.36. The van der Waals surface area contributed by atoms with Gasteiger partial charge in [0.05, 0.1) is 11.2 Å². The Morgan fingerprint density at radius 3 is 2.24 bits per heavy atom. The Hall–Kier alpha value is -2.56. The van der Waals surface area contributed by atoms with Crippen molar-refractivity contribution in [3.8, 4) is 11.1 Å². The van der Waals surface area contributed by atoms with Crippen molar-refractivity contribution in [2.45, 2.75) is 38.9 Å². The van der Waals surface area contributed by atoms with Crippen LogP contribution in [0.25, 0.3) is 33.1 Å². The molecule has 0 bridgehead atoms. The first-order chi connectivity index (χ1) is 13.8. The SMILES string of the molecule is COC(C)(C)C(C)(C)OBc1cccc(-c2ccc3c(c2)oc2ccccc23)c1. The number of ether oxygens (including phenoxy) is 1. The van der Waals surface area contributed by atoms with Gasteiger partial charge >= 0.3 is 7.48 Å². The van der Waals surface area contributed by atoms with Crippen LogP contribution in [0.15, 0.2) is 71.1 Å². The molecule has 3 aromatic carbocycles. The minimum Gasteiger partial charge on any atom is -0.456 e. The lowest BCUT2D eigenvalue weighted by Crippen LogP contribution is -2.50. The summed E-state index contributed by atoms with van der Waals surface area (Å²) in [6.45, 7) is 8.23. The highest BCUT2D eigenvalue weighted by molar-refractivity contribution is 6.47. The minimum absolute atomic E-state index is 0.378. The number of rotatable bonds is 6. The number of hydrogen-bond acceptors (Lipinski definition) is 3. The summed E-state index contributed by atoms with van der Waals surface area (Å²) in [4.78, 5) is 0. The first-order valence-electron chi connectivity index (χ1n) is 10.0. The topological polar surface area (TPSA) is 31.6 Å². The van der Waals surface area contributed by atoms with E-state index in [0.717, 1.165) is 38.5 Å². The number of benzene rings is 3. The van der Waals surface area contributed by atoms with Gasteiger partial charge in [0, 0.05) is 17.9 Å². The summed E-state index contributed by atoms with van der Waals surface area (Å²) >= 11 is 0. The molecule has 0 saturated heterocycles. The molecule has 3 nitrogen and oxygen atoms in total. The van der Waals surface area contributed by atoms with Gasteiger partial charge in [-0.05, 0) is 57.0 Å². The zero-order chi connectivity index (χ0) is 20.6. The third-order valence-electron chi connectivity index (χ3n) is 6.20. The highest BCUT2D eigenvalue weighted by atomic mass is 16.5. The maximum absolute atomic E-state index is 6.23. The van der Waals surface area contributed by atoms with E-state index >= 15 is 0 Å². The summed E-state index contributed by atoms with van der Waals surface area (Å²) in [6, 6.07) is 23.0. The largest absolute Gasteiger partial charge is 0.456 e.